The number of urea groups is 1. The molecule has 6 nitrogen and oxygen atoms in total. The summed E-state index contributed by atoms with van der Waals surface area (Å²) in [6, 6.07) is 10.3. The maximum atomic E-state index is 12.5. The van der Waals surface area contributed by atoms with Crippen LogP contribution < -0.4 is 5.32 Å². The molecule has 0 aliphatic carbocycles. The lowest BCUT2D eigenvalue weighted by molar-refractivity contribution is 0.00190. The fraction of sp³-hybridized carbons (Fsp3) is 0.632. The van der Waals surface area contributed by atoms with Crippen molar-refractivity contribution in [3.63, 3.8) is 0 Å². The van der Waals surface area contributed by atoms with Gasteiger partial charge >= 0.3 is 6.03 Å². The molecule has 0 spiro atoms. The maximum absolute atomic E-state index is 12.5. The molecule has 0 aromatic heterocycles. The fourth-order valence-electron chi connectivity index (χ4n) is 3.62. The summed E-state index contributed by atoms with van der Waals surface area (Å²) in [5, 5.41) is 3.13. The van der Waals surface area contributed by atoms with Crippen molar-refractivity contribution in [3.8, 4) is 0 Å². The Morgan fingerprint density at radius 1 is 1.24 bits per heavy atom. The van der Waals surface area contributed by atoms with Gasteiger partial charge < -0.3 is 19.7 Å². The first kappa shape index (κ1) is 18.2. The van der Waals surface area contributed by atoms with Gasteiger partial charge in [0.1, 0.15) is 0 Å². The first-order chi connectivity index (χ1) is 12.2. The monoisotopic (exact) mass is 347 g/mol. The van der Waals surface area contributed by atoms with E-state index in [9.17, 15) is 4.79 Å². The number of carbonyl (C=O) groups excluding carboxylic acids is 1. The quantitative estimate of drug-likeness (QED) is 0.849. The number of hydrogen-bond donors (Lipinski definition) is 1. The minimum atomic E-state index is -0.0268. The van der Waals surface area contributed by atoms with Crippen LogP contribution in [0.3, 0.4) is 0 Å². The molecule has 138 valence electrons. The maximum Gasteiger partial charge on any atom is 0.317 e. The third-order valence-corrected chi connectivity index (χ3v) is 5.10. The van der Waals surface area contributed by atoms with E-state index < -0.39 is 0 Å². The van der Waals surface area contributed by atoms with Crippen molar-refractivity contribution in [2.45, 2.75) is 19.0 Å². The molecule has 1 aromatic rings. The summed E-state index contributed by atoms with van der Waals surface area (Å²) in [5.41, 5.74) is 1.13. The molecule has 3 rings (SSSR count). The van der Waals surface area contributed by atoms with Crippen molar-refractivity contribution >= 4 is 6.03 Å². The van der Waals surface area contributed by atoms with E-state index in [0.29, 0.717) is 25.0 Å². The van der Waals surface area contributed by atoms with Crippen LogP contribution in [-0.2, 0) is 16.0 Å². The van der Waals surface area contributed by atoms with Crippen LogP contribution in [-0.4, -0.2) is 75.0 Å². The molecule has 0 radical (unpaired) electrons. The van der Waals surface area contributed by atoms with E-state index in [1.165, 1.54) is 0 Å². The number of benzene rings is 1. The van der Waals surface area contributed by atoms with Gasteiger partial charge in [-0.05, 0) is 12.0 Å². The molecule has 2 atom stereocenters. The van der Waals surface area contributed by atoms with Gasteiger partial charge in [-0.1, -0.05) is 30.3 Å². The molecule has 0 saturated carbocycles. The lowest BCUT2D eigenvalue weighted by atomic mass is 9.97. The summed E-state index contributed by atoms with van der Waals surface area (Å²) in [6.45, 7) is 6.28. The van der Waals surface area contributed by atoms with Gasteiger partial charge in [0.15, 0.2) is 0 Å². The summed E-state index contributed by atoms with van der Waals surface area (Å²) in [6.07, 6.45) is 1.07. The van der Waals surface area contributed by atoms with Crippen molar-refractivity contribution in [1.29, 1.82) is 0 Å². The van der Waals surface area contributed by atoms with Gasteiger partial charge in [-0.25, -0.2) is 4.79 Å². The Morgan fingerprint density at radius 2 is 2.00 bits per heavy atom. The van der Waals surface area contributed by atoms with Crippen LogP contribution in [0.25, 0.3) is 0 Å². The van der Waals surface area contributed by atoms with E-state index in [4.69, 9.17) is 9.47 Å². The fourth-order valence-corrected chi connectivity index (χ4v) is 3.62. The number of morpholine rings is 1. The van der Waals surface area contributed by atoms with Crippen LogP contribution >= 0.6 is 0 Å². The van der Waals surface area contributed by atoms with E-state index in [1.54, 1.807) is 4.90 Å². The zero-order chi connectivity index (χ0) is 17.5. The van der Waals surface area contributed by atoms with Crippen LogP contribution in [0.2, 0.25) is 0 Å². The second-order valence-electron chi connectivity index (χ2n) is 6.87. The first-order valence-corrected chi connectivity index (χ1v) is 9.16. The van der Waals surface area contributed by atoms with Gasteiger partial charge in [-0.3, -0.25) is 4.90 Å². The van der Waals surface area contributed by atoms with Crippen molar-refractivity contribution in [3.05, 3.63) is 35.9 Å². The van der Waals surface area contributed by atoms with Gasteiger partial charge in [0.2, 0.25) is 0 Å². The molecular formula is C19H29N3O3. The third-order valence-electron chi connectivity index (χ3n) is 5.10. The third kappa shape index (κ3) is 5.17. The molecular weight excluding hydrogens is 318 g/mol. The number of hydrogen-bond acceptors (Lipinski definition) is 4. The molecule has 1 aromatic carbocycles. The van der Waals surface area contributed by atoms with E-state index in [1.807, 2.05) is 37.4 Å². The van der Waals surface area contributed by atoms with Gasteiger partial charge in [0, 0.05) is 51.8 Å². The van der Waals surface area contributed by atoms with Crippen LogP contribution in [0, 0.1) is 5.92 Å². The molecule has 2 unspecified atom stereocenters. The Morgan fingerprint density at radius 3 is 2.68 bits per heavy atom. The van der Waals surface area contributed by atoms with Crippen LogP contribution in [0.4, 0.5) is 4.79 Å². The molecule has 2 saturated heterocycles. The Bertz CT molecular complexity index is 528. The molecule has 6 heteroatoms. The van der Waals surface area contributed by atoms with E-state index in [2.05, 4.69) is 10.2 Å². The van der Waals surface area contributed by atoms with E-state index >= 15 is 0 Å². The topological polar surface area (TPSA) is 54.0 Å². The molecule has 25 heavy (non-hydrogen) atoms. The number of nitrogens with zero attached hydrogens (tertiary/aromatic N) is 2. The molecule has 2 fully saturated rings. The normalized spacial score (nSPS) is 22.5. The van der Waals surface area contributed by atoms with E-state index in [-0.39, 0.29) is 6.03 Å². The highest BCUT2D eigenvalue weighted by Gasteiger charge is 2.31. The number of rotatable bonds is 6. The highest BCUT2D eigenvalue weighted by Crippen LogP contribution is 2.22. The zero-order valence-electron chi connectivity index (χ0n) is 15.0. The predicted molar refractivity (Wildman–Crippen MR) is 96.4 cm³/mol. The second kappa shape index (κ2) is 9.17. The van der Waals surface area contributed by atoms with Crippen molar-refractivity contribution in [2.24, 2.45) is 5.92 Å². The number of ether oxygens (including phenoxy) is 2. The van der Waals surface area contributed by atoms with Gasteiger partial charge in [0.25, 0.3) is 0 Å². The zero-order valence-corrected chi connectivity index (χ0v) is 15.0. The van der Waals surface area contributed by atoms with Crippen molar-refractivity contribution < 1.29 is 14.3 Å². The molecule has 2 amide bonds. The number of carbonyl (C=O) groups is 1. The van der Waals surface area contributed by atoms with Gasteiger partial charge in [-0.15, -0.1) is 0 Å². The van der Waals surface area contributed by atoms with Gasteiger partial charge in [0.05, 0.1) is 19.8 Å². The van der Waals surface area contributed by atoms with Crippen LogP contribution in [0.1, 0.15) is 12.0 Å². The Hall–Kier alpha value is -1.63. The lowest BCUT2D eigenvalue weighted by Crippen LogP contribution is -2.53. The Balaban J connectivity index is 1.53. The van der Waals surface area contributed by atoms with E-state index in [0.717, 1.165) is 51.5 Å². The largest absolute Gasteiger partial charge is 0.381 e. The summed E-state index contributed by atoms with van der Waals surface area (Å²) in [7, 11) is 1.84. The molecule has 1 N–H and O–H groups in total. The second-order valence-corrected chi connectivity index (χ2v) is 6.87. The Kier molecular flexibility index (Phi) is 6.67. The average Bonchev–Trinajstić information content (AvgIpc) is 3.18. The standard InChI is InChI=1S/C19H29N3O3/c1-21(14-16-5-3-2-4-6-16)19(23)20-13-18(17-7-10-25-15-17)22-8-11-24-12-9-22/h2-6,17-18H,7-15H2,1H3,(H,20,23). The lowest BCUT2D eigenvalue weighted by Gasteiger charge is -2.37. The summed E-state index contributed by atoms with van der Waals surface area (Å²) in [5.74, 6) is 0.484. The van der Waals surface area contributed by atoms with Crippen LogP contribution in [0.5, 0.6) is 0 Å². The summed E-state index contributed by atoms with van der Waals surface area (Å²) >= 11 is 0. The van der Waals surface area contributed by atoms with Crippen molar-refractivity contribution in [1.82, 2.24) is 15.1 Å². The molecule has 2 heterocycles. The number of nitrogens with one attached hydrogen (secondary N) is 1. The molecule has 2 aliphatic rings. The van der Waals surface area contributed by atoms with Crippen LogP contribution in [0.15, 0.2) is 30.3 Å². The predicted octanol–water partition coefficient (Wildman–Crippen LogP) is 1.57. The molecule has 2 aliphatic heterocycles. The van der Waals surface area contributed by atoms with Crippen molar-refractivity contribution in [2.75, 3.05) is 53.1 Å². The highest BCUT2D eigenvalue weighted by molar-refractivity contribution is 5.73. The summed E-state index contributed by atoms with van der Waals surface area (Å²) in [4.78, 5) is 16.7. The Labute approximate surface area is 150 Å². The average molecular weight is 347 g/mol. The number of amides is 2. The highest BCUT2D eigenvalue weighted by atomic mass is 16.5. The minimum Gasteiger partial charge on any atom is -0.381 e. The van der Waals surface area contributed by atoms with Gasteiger partial charge in [-0.2, -0.15) is 0 Å². The minimum absolute atomic E-state index is 0.0268. The summed E-state index contributed by atoms with van der Waals surface area (Å²) < 4.78 is 11.1. The SMILES string of the molecule is CN(Cc1ccccc1)C(=O)NCC(C1CCOC1)N1CCOCC1. The first-order valence-electron chi connectivity index (χ1n) is 9.16. The smallest absolute Gasteiger partial charge is 0.317 e. The molecule has 0 bridgehead atoms.